The van der Waals surface area contributed by atoms with Gasteiger partial charge in [0.15, 0.2) is 11.5 Å². The molecule has 9 heteroatoms. The smallest absolute Gasteiger partial charge is 0.404 e. The van der Waals surface area contributed by atoms with E-state index in [0.717, 1.165) is 5.56 Å². The summed E-state index contributed by atoms with van der Waals surface area (Å²) in [6.45, 7) is 6.94. The first-order chi connectivity index (χ1) is 14.3. The van der Waals surface area contributed by atoms with Gasteiger partial charge < -0.3 is 25.3 Å². The first-order valence-corrected chi connectivity index (χ1v) is 9.83. The molecule has 1 amide bonds. The van der Waals surface area contributed by atoms with Crippen molar-refractivity contribution in [2.24, 2.45) is 11.1 Å². The van der Waals surface area contributed by atoms with Gasteiger partial charge in [-0.15, -0.1) is 0 Å². The van der Waals surface area contributed by atoms with Crippen molar-refractivity contribution in [1.29, 1.82) is 0 Å². The largest absolute Gasteiger partial charge is 0.507 e. The number of amides is 1. The van der Waals surface area contributed by atoms with Gasteiger partial charge >= 0.3 is 6.09 Å². The number of primary amides is 1. The molecule has 1 aromatic carbocycles. The number of ether oxygens (including phenoxy) is 1. The summed E-state index contributed by atoms with van der Waals surface area (Å²) in [4.78, 5) is 28.4. The number of likely N-dealkylation sites (tertiary alicyclic amines) is 1. The Labute approximate surface area is 174 Å². The Morgan fingerprint density at radius 1 is 1.30 bits per heavy atom. The number of hydrogen-bond acceptors (Lipinski definition) is 8. The number of nitrogens with two attached hydrogens (primary N) is 1. The van der Waals surface area contributed by atoms with Crippen LogP contribution < -0.4 is 21.1 Å². The normalized spacial score (nSPS) is 22.1. The number of nitrogens with one attached hydrogen (secondary N) is 1. The van der Waals surface area contributed by atoms with Crippen LogP contribution in [0.2, 0.25) is 0 Å². The molecule has 4 N–H and O–H groups in total. The Morgan fingerprint density at radius 2 is 1.97 bits per heavy atom. The van der Waals surface area contributed by atoms with Crippen molar-refractivity contribution < 1.29 is 24.3 Å². The minimum absolute atomic E-state index is 0.0785. The van der Waals surface area contributed by atoms with Gasteiger partial charge in [-0.2, -0.15) is 0 Å². The number of nitrogens with zero attached hydrogens (tertiary/aromatic N) is 2. The molecule has 1 fully saturated rings. The van der Waals surface area contributed by atoms with Crippen molar-refractivity contribution in [2.75, 3.05) is 6.54 Å². The monoisotopic (exact) mass is 414 g/mol. The van der Waals surface area contributed by atoms with Gasteiger partial charge in [0.25, 0.3) is 0 Å². The van der Waals surface area contributed by atoms with Crippen LogP contribution in [0.5, 0.6) is 17.2 Å². The summed E-state index contributed by atoms with van der Waals surface area (Å²) in [7, 11) is 0. The SMILES string of the molecule is CC(C)(C)C1[C@H](OC(N)=O)CCN1C(c1ccncc1)c1cc2c(cc1O)ONO2. The molecule has 0 radical (unpaired) electrons. The van der Waals surface area contributed by atoms with E-state index in [1.165, 1.54) is 6.07 Å². The van der Waals surface area contributed by atoms with Crippen molar-refractivity contribution in [3.8, 4) is 17.2 Å². The molecule has 3 atom stereocenters. The highest BCUT2D eigenvalue weighted by Gasteiger charge is 2.47. The summed E-state index contributed by atoms with van der Waals surface area (Å²) in [5.74, 6) is 0.974. The van der Waals surface area contributed by atoms with Crippen LogP contribution >= 0.6 is 0 Å². The molecule has 2 unspecified atom stereocenters. The van der Waals surface area contributed by atoms with Crippen LogP contribution in [0, 0.1) is 5.41 Å². The number of pyridine rings is 1. The number of carbonyl (C=O) groups is 1. The number of carbonyl (C=O) groups excluding carboxylic acids is 1. The Hall–Kier alpha value is -3.04. The first kappa shape index (κ1) is 20.2. The number of rotatable bonds is 4. The maximum Gasteiger partial charge on any atom is 0.404 e. The average Bonchev–Trinajstić information content (AvgIpc) is 3.29. The van der Waals surface area contributed by atoms with Crippen molar-refractivity contribution in [3.05, 3.63) is 47.8 Å². The average molecular weight is 414 g/mol. The molecular weight excluding hydrogens is 388 g/mol. The molecule has 0 spiro atoms. The Morgan fingerprint density at radius 3 is 2.60 bits per heavy atom. The molecule has 4 rings (SSSR count). The van der Waals surface area contributed by atoms with Crippen molar-refractivity contribution in [2.45, 2.75) is 45.4 Å². The Kier molecular flexibility index (Phi) is 5.17. The fourth-order valence-electron chi connectivity index (χ4n) is 4.55. The summed E-state index contributed by atoms with van der Waals surface area (Å²) >= 11 is 0. The van der Waals surface area contributed by atoms with E-state index in [-0.39, 0.29) is 29.4 Å². The number of fused-ring (bicyclic) bond motifs is 1. The highest BCUT2D eigenvalue weighted by atomic mass is 16.9. The number of aromatic nitrogens is 1. The van der Waals surface area contributed by atoms with E-state index in [1.807, 2.05) is 12.1 Å². The van der Waals surface area contributed by atoms with Gasteiger partial charge in [-0.25, -0.2) is 4.79 Å². The second-order valence-electron chi connectivity index (χ2n) is 8.64. The minimum Gasteiger partial charge on any atom is -0.507 e. The standard InChI is InChI=1S/C21H26N4O5/c1-21(2,3)19-15(28-20(22)27)6-9-25(19)18(12-4-7-23-8-5-12)13-10-16-17(11-14(13)26)30-24-29-16/h4-5,7-8,10-11,15,18-19,24,26H,6,9H2,1-3H3,(H2,22,27)/t15-,18?,19?/m1/s1. The number of hydrogen-bond donors (Lipinski definition) is 3. The molecule has 30 heavy (non-hydrogen) atoms. The van der Waals surface area contributed by atoms with Crippen molar-refractivity contribution in [3.63, 3.8) is 0 Å². The van der Waals surface area contributed by atoms with Gasteiger partial charge in [0.05, 0.1) is 12.1 Å². The Balaban J connectivity index is 1.82. The van der Waals surface area contributed by atoms with E-state index in [2.05, 4.69) is 36.3 Å². The topological polar surface area (TPSA) is 119 Å². The molecule has 9 nitrogen and oxygen atoms in total. The lowest BCUT2D eigenvalue weighted by Gasteiger charge is -2.42. The van der Waals surface area contributed by atoms with E-state index in [9.17, 15) is 9.90 Å². The van der Waals surface area contributed by atoms with Gasteiger partial charge in [-0.3, -0.25) is 9.88 Å². The van der Waals surface area contributed by atoms with E-state index >= 15 is 0 Å². The lowest BCUT2D eigenvalue weighted by Crippen LogP contribution is -2.48. The second kappa shape index (κ2) is 7.66. The van der Waals surface area contributed by atoms with Crippen LogP contribution in [0.4, 0.5) is 4.79 Å². The lowest BCUT2D eigenvalue weighted by atomic mass is 9.82. The highest BCUT2D eigenvalue weighted by molar-refractivity contribution is 5.65. The zero-order valence-electron chi connectivity index (χ0n) is 17.2. The number of benzene rings is 1. The molecule has 160 valence electrons. The zero-order valence-corrected chi connectivity index (χ0v) is 17.2. The fourth-order valence-corrected chi connectivity index (χ4v) is 4.55. The molecule has 0 saturated carbocycles. The van der Waals surface area contributed by atoms with E-state index < -0.39 is 6.09 Å². The number of phenols is 1. The van der Waals surface area contributed by atoms with Gasteiger partial charge in [-0.05, 0) is 35.6 Å². The maximum absolute atomic E-state index is 11.5. The molecule has 0 bridgehead atoms. The molecule has 2 aromatic rings. The fraction of sp³-hybridized carbons (Fsp3) is 0.429. The highest BCUT2D eigenvalue weighted by Crippen LogP contribution is 2.47. The molecule has 0 aliphatic carbocycles. The van der Waals surface area contributed by atoms with E-state index in [4.69, 9.17) is 20.1 Å². The second-order valence-corrected chi connectivity index (χ2v) is 8.64. The Bertz CT molecular complexity index is 931. The van der Waals surface area contributed by atoms with Gasteiger partial charge in [0.1, 0.15) is 11.9 Å². The summed E-state index contributed by atoms with van der Waals surface area (Å²) < 4.78 is 5.47. The first-order valence-electron chi connectivity index (χ1n) is 9.83. The molecule has 3 heterocycles. The van der Waals surface area contributed by atoms with Crippen molar-refractivity contribution in [1.82, 2.24) is 15.5 Å². The maximum atomic E-state index is 11.5. The number of phenolic OH excluding ortho intramolecular Hbond substituents is 1. The van der Waals surface area contributed by atoms with Crippen molar-refractivity contribution >= 4 is 6.09 Å². The predicted octanol–water partition coefficient (Wildman–Crippen LogP) is 2.65. The predicted molar refractivity (Wildman–Crippen MR) is 108 cm³/mol. The van der Waals surface area contributed by atoms with Crippen LogP contribution in [0.25, 0.3) is 0 Å². The van der Waals surface area contributed by atoms with Gasteiger partial charge in [-0.1, -0.05) is 20.8 Å². The summed E-state index contributed by atoms with van der Waals surface area (Å²) in [5.41, 5.74) is 9.06. The number of aromatic hydroxyl groups is 1. The molecule has 2 aliphatic rings. The lowest BCUT2D eigenvalue weighted by molar-refractivity contribution is 0.0199. The molecule has 2 aliphatic heterocycles. The zero-order chi connectivity index (χ0) is 21.5. The summed E-state index contributed by atoms with van der Waals surface area (Å²) in [5, 5.41) is 10.9. The van der Waals surface area contributed by atoms with E-state index in [0.29, 0.717) is 30.0 Å². The van der Waals surface area contributed by atoms with Crippen LogP contribution in [0.1, 0.15) is 44.4 Å². The summed E-state index contributed by atoms with van der Waals surface area (Å²) in [6.07, 6.45) is 2.93. The van der Waals surface area contributed by atoms with Crippen LogP contribution in [-0.4, -0.2) is 39.8 Å². The third kappa shape index (κ3) is 3.73. The molecular formula is C21H26N4O5. The molecule has 1 saturated heterocycles. The minimum atomic E-state index is -0.784. The third-order valence-electron chi connectivity index (χ3n) is 5.58. The van der Waals surface area contributed by atoms with Gasteiger partial charge in [0.2, 0.25) is 0 Å². The summed E-state index contributed by atoms with van der Waals surface area (Å²) in [6, 6.07) is 6.65. The van der Waals surface area contributed by atoms with E-state index in [1.54, 1.807) is 18.5 Å². The van der Waals surface area contributed by atoms with Gasteiger partial charge in [0, 0.05) is 36.2 Å². The quantitative estimate of drug-likeness (QED) is 0.699. The third-order valence-corrected chi connectivity index (χ3v) is 5.58. The molecule has 1 aromatic heterocycles. The van der Waals surface area contributed by atoms with Crippen LogP contribution in [0.15, 0.2) is 36.7 Å². The van der Waals surface area contributed by atoms with Crippen LogP contribution in [-0.2, 0) is 4.74 Å². The van der Waals surface area contributed by atoms with Crippen LogP contribution in [0.3, 0.4) is 0 Å².